The van der Waals surface area contributed by atoms with Crippen LogP contribution in [0.3, 0.4) is 0 Å². The minimum absolute atomic E-state index is 0. The Hall–Kier alpha value is 0.766. The van der Waals surface area contributed by atoms with Crippen LogP contribution in [-0.2, 0) is 15.9 Å². The van der Waals surface area contributed by atoms with Gasteiger partial charge in [0.15, 0.2) is 0 Å². The maximum Gasteiger partial charge on any atom is 0.269 e. The van der Waals surface area contributed by atoms with Gasteiger partial charge in [0.05, 0.1) is 0 Å². The molecule has 0 heterocycles. The van der Waals surface area contributed by atoms with Crippen LogP contribution in [0.2, 0.25) is 0 Å². The van der Waals surface area contributed by atoms with Gasteiger partial charge in [-0.15, -0.1) is 0 Å². The second-order valence-corrected chi connectivity index (χ2v) is 3.66. The standard InChI is InChI=1S/C7H8O3S.K/c8-11(9,10)6-7-4-2-1-3-5-7;/h1-5H,6H2,(H,8,9,10);. The third-order valence-electron chi connectivity index (χ3n) is 1.19. The average molecular weight is 211 g/mol. The van der Waals surface area contributed by atoms with Crippen molar-refractivity contribution in [3.63, 3.8) is 0 Å². The van der Waals surface area contributed by atoms with Gasteiger partial charge >= 0.3 is 0 Å². The average Bonchev–Trinajstić information content (AvgIpc) is 1.85. The maximum atomic E-state index is 10.4. The Morgan fingerprint density at radius 1 is 1.17 bits per heavy atom. The first-order valence-corrected chi connectivity index (χ1v) is 4.68. The molecule has 1 aromatic carbocycles. The first-order valence-electron chi connectivity index (χ1n) is 3.07. The fourth-order valence-corrected chi connectivity index (χ4v) is 1.40. The van der Waals surface area contributed by atoms with E-state index in [2.05, 4.69) is 0 Å². The molecule has 0 amide bonds. The van der Waals surface area contributed by atoms with E-state index in [4.69, 9.17) is 4.55 Å². The monoisotopic (exact) mass is 211 g/mol. The molecular formula is C7H8KO3S. The van der Waals surface area contributed by atoms with Crippen LogP contribution >= 0.6 is 0 Å². The van der Waals surface area contributed by atoms with E-state index in [0.717, 1.165) is 0 Å². The Balaban J connectivity index is 0.00000121. The summed E-state index contributed by atoms with van der Waals surface area (Å²) in [6, 6.07) is 8.52. The molecule has 12 heavy (non-hydrogen) atoms. The van der Waals surface area contributed by atoms with Crippen molar-refractivity contribution < 1.29 is 13.0 Å². The van der Waals surface area contributed by atoms with Gasteiger partial charge in [0.25, 0.3) is 10.1 Å². The van der Waals surface area contributed by atoms with Crippen LogP contribution in [0.4, 0.5) is 0 Å². The Labute approximate surface area is 114 Å². The fraction of sp³-hybridized carbons (Fsp3) is 0.143. The number of hydrogen-bond acceptors (Lipinski definition) is 2. The molecule has 0 aliphatic carbocycles. The van der Waals surface area contributed by atoms with Crippen LogP contribution in [0.25, 0.3) is 0 Å². The van der Waals surface area contributed by atoms with Gasteiger partial charge < -0.3 is 0 Å². The summed E-state index contributed by atoms with van der Waals surface area (Å²) in [5.41, 5.74) is 0.593. The van der Waals surface area contributed by atoms with Crippen LogP contribution in [0.1, 0.15) is 5.56 Å². The molecule has 61 valence electrons. The number of benzene rings is 1. The molecule has 0 bridgehead atoms. The molecule has 0 spiro atoms. The zero-order chi connectivity index (χ0) is 8.32. The Kier molecular flexibility index (Phi) is 5.84. The van der Waals surface area contributed by atoms with Gasteiger partial charge in [-0.25, -0.2) is 0 Å². The molecule has 1 aromatic rings. The quantitative estimate of drug-likeness (QED) is 0.578. The van der Waals surface area contributed by atoms with Gasteiger partial charge in [-0.3, -0.25) is 4.55 Å². The molecule has 1 radical (unpaired) electrons. The molecule has 0 aliphatic heterocycles. The van der Waals surface area contributed by atoms with Gasteiger partial charge in [0, 0.05) is 51.4 Å². The SMILES string of the molecule is O=S(=O)(O)Cc1ccccc1.[K]. The molecule has 0 fully saturated rings. The summed E-state index contributed by atoms with van der Waals surface area (Å²) < 4.78 is 29.2. The Morgan fingerprint density at radius 2 is 1.67 bits per heavy atom. The van der Waals surface area contributed by atoms with Crippen molar-refractivity contribution in [2.24, 2.45) is 0 Å². The third-order valence-corrected chi connectivity index (χ3v) is 1.89. The van der Waals surface area contributed by atoms with Crippen LogP contribution < -0.4 is 0 Å². The second kappa shape index (κ2) is 5.49. The zero-order valence-corrected chi connectivity index (χ0v) is 10.7. The smallest absolute Gasteiger partial charge is 0.269 e. The van der Waals surface area contributed by atoms with Crippen LogP contribution in [-0.4, -0.2) is 64.4 Å². The van der Waals surface area contributed by atoms with Gasteiger partial charge in [-0.2, -0.15) is 8.42 Å². The van der Waals surface area contributed by atoms with Crippen molar-refractivity contribution in [1.29, 1.82) is 0 Å². The van der Waals surface area contributed by atoms with E-state index >= 15 is 0 Å². The van der Waals surface area contributed by atoms with E-state index in [1.165, 1.54) is 0 Å². The normalized spacial score (nSPS) is 10.4. The van der Waals surface area contributed by atoms with Crippen molar-refractivity contribution in [2.45, 2.75) is 5.75 Å². The molecule has 5 heteroatoms. The van der Waals surface area contributed by atoms with E-state index < -0.39 is 10.1 Å². The predicted molar refractivity (Wildman–Crippen MR) is 47.4 cm³/mol. The molecule has 0 atom stereocenters. The molecular weight excluding hydrogens is 203 g/mol. The molecule has 0 aromatic heterocycles. The topological polar surface area (TPSA) is 54.4 Å². The second-order valence-electron chi connectivity index (χ2n) is 2.21. The van der Waals surface area contributed by atoms with E-state index in [1.54, 1.807) is 30.3 Å². The van der Waals surface area contributed by atoms with Crippen LogP contribution in [0, 0.1) is 0 Å². The van der Waals surface area contributed by atoms with Crippen molar-refractivity contribution in [3.8, 4) is 0 Å². The number of rotatable bonds is 2. The Bertz CT molecular complexity index is 320. The number of hydrogen-bond donors (Lipinski definition) is 1. The van der Waals surface area contributed by atoms with Gasteiger partial charge in [0.1, 0.15) is 5.75 Å². The van der Waals surface area contributed by atoms with Gasteiger partial charge in [0.2, 0.25) is 0 Å². The summed E-state index contributed by atoms with van der Waals surface area (Å²) in [6.07, 6.45) is 0. The summed E-state index contributed by atoms with van der Waals surface area (Å²) in [5.74, 6) is -0.312. The van der Waals surface area contributed by atoms with Crippen molar-refractivity contribution in [2.75, 3.05) is 0 Å². The summed E-state index contributed by atoms with van der Waals surface area (Å²) in [7, 11) is -3.88. The van der Waals surface area contributed by atoms with Crippen molar-refractivity contribution >= 4 is 61.5 Å². The first-order chi connectivity index (χ1) is 5.08. The predicted octanol–water partition coefficient (Wildman–Crippen LogP) is 0.694. The summed E-state index contributed by atoms with van der Waals surface area (Å²) in [4.78, 5) is 0. The van der Waals surface area contributed by atoms with Gasteiger partial charge in [-0.05, 0) is 5.56 Å². The van der Waals surface area contributed by atoms with E-state index in [1.807, 2.05) is 0 Å². The molecule has 3 nitrogen and oxygen atoms in total. The summed E-state index contributed by atoms with van der Waals surface area (Å²) in [5, 5.41) is 0. The van der Waals surface area contributed by atoms with Crippen LogP contribution in [0.5, 0.6) is 0 Å². The fourth-order valence-electron chi connectivity index (χ4n) is 0.785. The summed E-state index contributed by atoms with van der Waals surface area (Å²) in [6.45, 7) is 0. The molecule has 1 N–H and O–H groups in total. The molecule has 0 aliphatic rings. The first kappa shape index (κ1) is 12.8. The minimum Gasteiger partial charge on any atom is -0.285 e. The molecule has 0 saturated carbocycles. The zero-order valence-electron chi connectivity index (χ0n) is 6.77. The van der Waals surface area contributed by atoms with E-state index in [-0.39, 0.29) is 57.1 Å². The Morgan fingerprint density at radius 3 is 2.08 bits per heavy atom. The largest absolute Gasteiger partial charge is 0.285 e. The molecule has 1 rings (SSSR count). The third kappa shape index (κ3) is 5.42. The van der Waals surface area contributed by atoms with E-state index in [0.29, 0.717) is 5.56 Å². The maximum absolute atomic E-state index is 10.4. The van der Waals surface area contributed by atoms with Crippen molar-refractivity contribution in [3.05, 3.63) is 35.9 Å². The molecule has 0 saturated heterocycles. The minimum atomic E-state index is -3.88. The summed E-state index contributed by atoms with van der Waals surface area (Å²) >= 11 is 0. The van der Waals surface area contributed by atoms with E-state index in [9.17, 15) is 8.42 Å². The van der Waals surface area contributed by atoms with Gasteiger partial charge in [-0.1, -0.05) is 30.3 Å². The van der Waals surface area contributed by atoms with Crippen molar-refractivity contribution in [1.82, 2.24) is 0 Å². The molecule has 0 unspecified atom stereocenters. The van der Waals surface area contributed by atoms with Crippen LogP contribution in [0.15, 0.2) is 30.3 Å².